The molecule has 0 aliphatic rings. The number of amides is 1. The lowest BCUT2D eigenvalue weighted by molar-refractivity contribution is 0.160. The summed E-state index contributed by atoms with van der Waals surface area (Å²) < 4.78 is 26.3. The van der Waals surface area contributed by atoms with E-state index < -0.39 is 27.4 Å². The molecule has 0 aromatic heterocycles. The lowest BCUT2D eigenvalue weighted by Gasteiger charge is -2.29. The molecule has 1 aromatic rings. The Morgan fingerprint density at radius 3 is 2.26 bits per heavy atom. The highest BCUT2D eigenvalue weighted by atomic mass is 32.2. The van der Waals surface area contributed by atoms with Gasteiger partial charge in [0.1, 0.15) is 0 Å². The third kappa shape index (κ3) is 6.50. The maximum absolute atomic E-state index is 13.1. The van der Waals surface area contributed by atoms with Gasteiger partial charge in [-0.1, -0.05) is 59.6 Å². The van der Waals surface area contributed by atoms with Crippen molar-refractivity contribution in [2.24, 2.45) is 5.92 Å². The predicted octanol–water partition coefficient (Wildman–Crippen LogP) is 3.89. The summed E-state index contributed by atoms with van der Waals surface area (Å²) in [6.45, 7) is 9.83. The number of aliphatic hydroxyl groups excluding tert-OH is 1. The van der Waals surface area contributed by atoms with Crippen molar-refractivity contribution in [3.8, 4) is 0 Å². The van der Waals surface area contributed by atoms with E-state index in [1.54, 1.807) is 18.2 Å². The summed E-state index contributed by atoms with van der Waals surface area (Å²) in [4.78, 5) is 10.9. The molecule has 0 radical (unpaired) electrons. The van der Waals surface area contributed by atoms with E-state index in [9.17, 15) is 18.3 Å². The van der Waals surface area contributed by atoms with E-state index in [1.807, 2.05) is 34.6 Å². The van der Waals surface area contributed by atoms with Gasteiger partial charge in [-0.2, -0.15) is 0 Å². The maximum Gasteiger partial charge on any atom is 0.404 e. The first-order chi connectivity index (χ1) is 12.4. The third-order valence-corrected chi connectivity index (χ3v) is 6.73. The lowest BCUT2D eigenvalue weighted by Crippen LogP contribution is -2.26. The molecule has 1 aromatic carbocycles. The second-order valence-corrected chi connectivity index (χ2v) is 9.97. The zero-order valence-corrected chi connectivity index (χ0v) is 17.8. The first-order valence-electron chi connectivity index (χ1n) is 9.45. The molecule has 0 fully saturated rings. The van der Waals surface area contributed by atoms with Crippen LogP contribution in [0.5, 0.6) is 0 Å². The van der Waals surface area contributed by atoms with E-state index >= 15 is 0 Å². The van der Waals surface area contributed by atoms with E-state index in [0.29, 0.717) is 11.1 Å². The van der Waals surface area contributed by atoms with Gasteiger partial charge in [0.25, 0.3) is 0 Å². The first kappa shape index (κ1) is 23.4. The monoisotopic (exact) mass is 399 g/mol. The molecule has 1 unspecified atom stereocenters. The van der Waals surface area contributed by atoms with Crippen molar-refractivity contribution in [1.82, 2.24) is 5.32 Å². The summed E-state index contributed by atoms with van der Waals surface area (Å²) >= 11 is 0. The van der Waals surface area contributed by atoms with Crippen LogP contribution in [0.2, 0.25) is 0 Å². The van der Waals surface area contributed by atoms with Gasteiger partial charge in [-0.15, -0.1) is 0 Å². The van der Waals surface area contributed by atoms with Crippen molar-refractivity contribution in [2.45, 2.75) is 70.3 Å². The highest BCUT2D eigenvalue weighted by Crippen LogP contribution is 2.37. The van der Waals surface area contributed by atoms with Crippen LogP contribution in [0, 0.1) is 5.92 Å². The minimum Gasteiger partial charge on any atom is -0.465 e. The van der Waals surface area contributed by atoms with Crippen molar-refractivity contribution in [2.75, 3.05) is 12.3 Å². The number of hydrogen-bond donors (Lipinski definition) is 3. The van der Waals surface area contributed by atoms with Crippen LogP contribution in [0.4, 0.5) is 4.79 Å². The molecule has 1 atom stereocenters. The number of aliphatic hydroxyl groups is 1. The molecule has 7 heteroatoms. The second kappa shape index (κ2) is 9.55. The lowest BCUT2D eigenvalue weighted by atomic mass is 9.82. The SMILES string of the molecule is CCC(CC)CS(=O)(=O)c1cccc(C(O)CCNC(=O)O)c1C(C)(C)C. The molecule has 6 nitrogen and oxygen atoms in total. The van der Waals surface area contributed by atoms with Gasteiger partial charge in [-0.25, -0.2) is 13.2 Å². The van der Waals surface area contributed by atoms with E-state index in [2.05, 4.69) is 5.32 Å². The van der Waals surface area contributed by atoms with Gasteiger partial charge in [-0.3, -0.25) is 0 Å². The van der Waals surface area contributed by atoms with Crippen molar-refractivity contribution >= 4 is 15.9 Å². The predicted molar refractivity (Wildman–Crippen MR) is 107 cm³/mol. The van der Waals surface area contributed by atoms with Crippen LogP contribution < -0.4 is 5.32 Å². The first-order valence-corrected chi connectivity index (χ1v) is 11.1. The topological polar surface area (TPSA) is 104 Å². The van der Waals surface area contributed by atoms with Gasteiger partial charge in [0.15, 0.2) is 9.84 Å². The highest BCUT2D eigenvalue weighted by molar-refractivity contribution is 7.91. The highest BCUT2D eigenvalue weighted by Gasteiger charge is 2.31. The van der Waals surface area contributed by atoms with Crippen LogP contribution >= 0.6 is 0 Å². The van der Waals surface area contributed by atoms with Gasteiger partial charge in [-0.05, 0) is 34.9 Å². The van der Waals surface area contributed by atoms with Crippen LogP contribution in [-0.4, -0.2) is 37.0 Å². The van der Waals surface area contributed by atoms with Crippen LogP contribution in [0.3, 0.4) is 0 Å². The van der Waals surface area contributed by atoms with Crippen LogP contribution in [-0.2, 0) is 15.3 Å². The minimum atomic E-state index is -3.51. The summed E-state index contributed by atoms with van der Waals surface area (Å²) in [7, 11) is -3.51. The number of carboxylic acid groups (broad SMARTS) is 1. The quantitative estimate of drug-likeness (QED) is 0.584. The minimum absolute atomic E-state index is 0.0865. The smallest absolute Gasteiger partial charge is 0.404 e. The molecule has 0 heterocycles. The van der Waals surface area contributed by atoms with Crippen LogP contribution in [0.15, 0.2) is 23.1 Å². The molecular weight excluding hydrogens is 366 g/mol. The molecule has 0 saturated heterocycles. The average Bonchev–Trinajstić information content (AvgIpc) is 2.57. The summed E-state index contributed by atoms with van der Waals surface area (Å²) in [5, 5.41) is 21.5. The zero-order chi connectivity index (χ0) is 20.8. The molecule has 0 bridgehead atoms. The standard InChI is InChI=1S/C20H33NO5S/c1-6-14(7-2)13-27(25,26)17-10-8-9-15(18(17)20(3,4)5)16(22)11-12-21-19(23)24/h8-10,14,16,21-22H,6-7,11-13H2,1-5H3,(H,23,24). The van der Waals surface area contributed by atoms with Crippen molar-refractivity contribution in [3.63, 3.8) is 0 Å². The summed E-state index contributed by atoms with van der Waals surface area (Å²) in [6.07, 6.45) is -0.340. The van der Waals surface area contributed by atoms with E-state index in [1.165, 1.54) is 0 Å². The maximum atomic E-state index is 13.1. The Kier molecular flexibility index (Phi) is 8.29. The number of rotatable bonds is 9. The summed E-state index contributed by atoms with van der Waals surface area (Å²) in [5.41, 5.74) is 0.660. The summed E-state index contributed by atoms with van der Waals surface area (Å²) in [6, 6.07) is 4.99. The van der Waals surface area contributed by atoms with E-state index in [4.69, 9.17) is 5.11 Å². The molecule has 0 aliphatic carbocycles. The van der Waals surface area contributed by atoms with Crippen molar-refractivity contribution < 1.29 is 23.4 Å². The zero-order valence-electron chi connectivity index (χ0n) is 16.9. The van der Waals surface area contributed by atoms with Crippen molar-refractivity contribution in [3.05, 3.63) is 29.3 Å². The molecule has 1 amide bonds. The second-order valence-electron chi connectivity index (χ2n) is 7.97. The molecule has 27 heavy (non-hydrogen) atoms. The van der Waals surface area contributed by atoms with Gasteiger partial charge in [0.2, 0.25) is 0 Å². The Morgan fingerprint density at radius 2 is 1.78 bits per heavy atom. The fraction of sp³-hybridized carbons (Fsp3) is 0.650. The molecule has 0 aliphatic heterocycles. The van der Waals surface area contributed by atoms with Crippen LogP contribution in [0.25, 0.3) is 0 Å². The summed E-state index contributed by atoms with van der Waals surface area (Å²) in [5.74, 6) is 0.180. The van der Waals surface area contributed by atoms with E-state index in [0.717, 1.165) is 12.8 Å². The molecular formula is C20H33NO5S. The largest absolute Gasteiger partial charge is 0.465 e. The molecule has 3 N–H and O–H groups in total. The number of carbonyl (C=O) groups is 1. The Bertz CT molecular complexity index is 733. The molecule has 0 saturated carbocycles. The Balaban J connectivity index is 3.36. The van der Waals surface area contributed by atoms with E-state index in [-0.39, 0.29) is 29.5 Å². The van der Waals surface area contributed by atoms with Gasteiger partial charge in [0.05, 0.1) is 16.8 Å². The number of benzene rings is 1. The fourth-order valence-electron chi connectivity index (χ4n) is 3.28. The van der Waals surface area contributed by atoms with Gasteiger partial charge in [0, 0.05) is 6.54 Å². The average molecular weight is 400 g/mol. The number of sulfone groups is 1. The number of hydrogen-bond acceptors (Lipinski definition) is 4. The van der Waals surface area contributed by atoms with Crippen LogP contribution in [0.1, 0.15) is 71.1 Å². The fourth-order valence-corrected chi connectivity index (χ4v) is 5.58. The van der Waals surface area contributed by atoms with Gasteiger partial charge >= 0.3 is 6.09 Å². The van der Waals surface area contributed by atoms with Gasteiger partial charge < -0.3 is 15.5 Å². The molecule has 0 spiro atoms. The number of nitrogens with one attached hydrogen (secondary N) is 1. The Morgan fingerprint density at radius 1 is 1.19 bits per heavy atom. The Hall–Kier alpha value is -1.60. The molecule has 1 rings (SSSR count). The normalized spacial score (nSPS) is 13.6. The Labute approximate surface area is 162 Å². The molecule has 154 valence electrons. The van der Waals surface area contributed by atoms with Crippen molar-refractivity contribution in [1.29, 1.82) is 0 Å². The third-order valence-electron chi connectivity index (χ3n) is 4.81.